The number of ether oxygens (including phenoxy) is 1. The zero-order valence-corrected chi connectivity index (χ0v) is 20.8. The highest BCUT2D eigenvalue weighted by atomic mass is 32.2. The third kappa shape index (κ3) is 5.87. The smallest absolute Gasteiger partial charge is 0.303 e. The van der Waals surface area contributed by atoms with Gasteiger partial charge in [0, 0.05) is 12.0 Å². The monoisotopic (exact) mass is 475 g/mol. The summed E-state index contributed by atoms with van der Waals surface area (Å²) in [5.41, 5.74) is 2.17. The van der Waals surface area contributed by atoms with Crippen molar-refractivity contribution >= 4 is 15.8 Å². The molecule has 0 radical (unpaired) electrons. The minimum absolute atomic E-state index is 0.0341. The van der Waals surface area contributed by atoms with Crippen LogP contribution in [0.25, 0.3) is 0 Å². The van der Waals surface area contributed by atoms with Gasteiger partial charge in [0.1, 0.15) is 5.75 Å². The topological polar surface area (TPSA) is 92.7 Å². The van der Waals surface area contributed by atoms with E-state index in [0.29, 0.717) is 23.5 Å². The Morgan fingerprint density at radius 2 is 2.06 bits per heavy atom. The summed E-state index contributed by atoms with van der Waals surface area (Å²) < 4.78 is 33.2. The largest absolute Gasteiger partial charge is 0.496 e. The molecule has 2 N–H and O–H groups in total. The van der Waals surface area contributed by atoms with Crippen molar-refractivity contribution in [2.75, 3.05) is 12.9 Å². The molecule has 0 aromatic heterocycles. The van der Waals surface area contributed by atoms with Crippen molar-refractivity contribution in [3.05, 3.63) is 47.1 Å². The zero-order chi connectivity index (χ0) is 24.1. The summed E-state index contributed by atoms with van der Waals surface area (Å²) in [6.07, 6.45) is 12.5. The zero-order valence-electron chi connectivity index (χ0n) is 20.0. The Bertz CT molecular complexity index is 1030. The van der Waals surface area contributed by atoms with Crippen LogP contribution in [0.4, 0.5) is 0 Å². The first-order valence-electron chi connectivity index (χ1n) is 12.0. The van der Waals surface area contributed by atoms with E-state index in [9.17, 15) is 13.2 Å². The number of hydrogen-bond donors (Lipinski definition) is 2. The molecule has 3 rings (SSSR count). The lowest BCUT2D eigenvalue weighted by molar-refractivity contribution is -0.137. The number of hydrogen-bond acceptors (Lipinski definition) is 5. The van der Waals surface area contributed by atoms with Gasteiger partial charge >= 0.3 is 5.97 Å². The quantitative estimate of drug-likeness (QED) is 0.487. The minimum atomic E-state index is -3.57. The second kappa shape index (κ2) is 10.9. The summed E-state index contributed by atoms with van der Waals surface area (Å²) in [6, 6.07) is 3.40. The number of benzene rings is 1. The van der Waals surface area contributed by atoms with Gasteiger partial charge in [0.2, 0.25) is 0 Å². The van der Waals surface area contributed by atoms with Crippen LogP contribution in [0.1, 0.15) is 82.4 Å². The fraction of sp³-hybridized carbons (Fsp3) is 0.577. The van der Waals surface area contributed by atoms with E-state index in [2.05, 4.69) is 37.4 Å². The first-order chi connectivity index (χ1) is 15.7. The summed E-state index contributed by atoms with van der Waals surface area (Å²) in [7, 11) is -1.99. The van der Waals surface area contributed by atoms with Crippen LogP contribution in [0.15, 0.2) is 40.8 Å². The van der Waals surface area contributed by atoms with E-state index < -0.39 is 21.3 Å². The summed E-state index contributed by atoms with van der Waals surface area (Å²) in [6.45, 7) is 4.20. The molecule has 1 aliphatic carbocycles. The third-order valence-electron chi connectivity index (χ3n) is 6.92. The van der Waals surface area contributed by atoms with E-state index in [1.807, 2.05) is 6.07 Å². The number of carbonyl (C=O) groups is 1. The van der Waals surface area contributed by atoms with Gasteiger partial charge in [-0.15, -0.1) is 0 Å². The molecule has 1 aromatic rings. The van der Waals surface area contributed by atoms with Gasteiger partial charge in [-0.2, -0.15) is 0 Å². The first kappa shape index (κ1) is 25.5. The second-order valence-electron chi connectivity index (χ2n) is 9.23. The average molecular weight is 476 g/mol. The molecule has 0 fully saturated rings. The van der Waals surface area contributed by atoms with Crippen LogP contribution in [-0.4, -0.2) is 37.9 Å². The molecule has 0 unspecified atom stereocenters. The maximum Gasteiger partial charge on any atom is 0.303 e. The molecular weight excluding hydrogens is 438 g/mol. The molecular formula is C26H37NO5S. The Kier molecular flexibility index (Phi) is 8.40. The number of allylic oxidation sites excluding steroid dienone is 3. The second-order valence-corrected chi connectivity index (χ2v) is 11.2. The maximum atomic E-state index is 13.8. The van der Waals surface area contributed by atoms with E-state index in [4.69, 9.17) is 9.84 Å². The van der Waals surface area contributed by atoms with Gasteiger partial charge in [0.05, 0.1) is 23.8 Å². The van der Waals surface area contributed by atoms with Crippen molar-refractivity contribution in [2.24, 2.45) is 0 Å². The highest BCUT2D eigenvalue weighted by molar-refractivity contribution is 7.91. The van der Waals surface area contributed by atoms with Crippen LogP contribution < -0.4 is 10.1 Å². The highest BCUT2D eigenvalue weighted by Crippen LogP contribution is 2.42. The van der Waals surface area contributed by atoms with E-state index >= 15 is 0 Å². The van der Waals surface area contributed by atoms with Gasteiger partial charge in [-0.1, -0.05) is 44.9 Å². The van der Waals surface area contributed by atoms with E-state index in [-0.39, 0.29) is 18.2 Å². The van der Waals surface area contributed by atoms with Crippen molar-refractivity contribution in [3.63, 3.8) is 0 Å². The van der Waals surface area contributed by atoms with Crippen molar-refractivity contribution < 1.29 is 23.1 Å². The number of rotatable bonds is 10. The Morgan fingerprint density at radius 1 is 1.27 bits per heavy atom. The standard InChI is InChI=1S/C26H37NO5S/c1-4-6-15-26(5-2)18-33(30,31)23-16-20(13-10-14-24(28)29)22(32-3)17-21(23)25(27-26)19-11-8-7-9-12-19/h7-8,11,16-17,25,27H,4-6,9-10,12-15,18H2,1-3H3,(H,28,29)/t25-,26-/m1/s1. The molecule has 182 valence electrons. The van der Waals surface area contributed by atoms with Crippen LogP contribution >= 0.6 is 0 Å². The number of fused-ring (bicyclic) bond motifs is 1. The van der Waals surface area contributed by atoms with Gasteiger partial charge in [0.25, 0.3) is 0 Å². The molecule has 2 atom stereocenters. The number of unbranched alkanes of at least 4 members (excludes halogenated alkanes) is 1. The van der Waals surface area contributed by atoms with Crippen molar-refractivity contribution in [3.8, 4) is 5.75 Å². The molecule has 0 saturated heterocycles. The number of aryl methyl sites for hydroxylation is 1. The SMILES string of the molecule is CCCC[C@]1(CC)CS(=O)(=O)c2cc(CCCC(=O)O)c(OC)cc2[C@@H](C2=CC=CCC2)N1. The molecule has 1 heterocycles. The van der Waals surface area contributed by atoms with Crippen molar-refractivity contribution in [1.82, 2.24) is 5.32 Å². The summed E-state index contributed by atoms with van der Waals surface area (Å²) in [5, 5.41) is 12.8. The molecule has 6 nitrogen and oxygen atoms in total. The lowest BCUT2D eigenvalue weighted by atomic mass is 9.85. The predicted octanol–water partition coefficient (Wildman–Crippen LogP) is 5.14. The predicted molar refractivity (Wildman–Crippen MR) is 131 cm³/mol. The number of nitrogens with one attached hydrogen (secondary N) is 1. The van der Waals surface area contributed by atoms with Crippen LogP contribution in [0, 0.1) is 0 Å². The Balaban J connectivity index is 2.16. The summed E-state index contributed by atoms with van der Waals surface area (Å²) >= 11 is 0. The van der Waals surface area contributed by atoms with Crippen molar-refractivity contribution in [1.29, 1.82) is 0 Å². The van der Waals surface area contributed by atoms with Crippen LogP contribution in [0.2, 0.25) is 0 Å². The molecule has 0 bridgehead atoms. The number of carboxylic acids is 1. The summed E-state index contributed by atoms with van der Waals surface area (Å²) in [5.74, 6) is -0.184. The van der Waals surface area contributed by atoms with Crippen LogP contribution in [-0.2, 0) is 21.1 Å². The van der Waals surface area contributed by atoms with Gasteiger partial charge in [-0.25, -0.2) is 8.42 Å². The number of sulfone groups is 1. The molecule has 1 aliphatic heterocycles. The number of aliphatic carboxylic acids is 1. The maximum absolute atomic E-state index is 13.8. The Morgan fingerprint density at radius 3 is 2.67 bits per heavy atom. The Labute approximate surface area is 198 Å². The molecule has 7 heteroatoms. The average Bonchev–Trinajstić information content (AvgIpc) is 2.90. The lowest BCUT2D eigenvalue weighted by Crippen LogP contribution is -2.50. The van der Waals surface area contributed by atoms with Gasteiger partial charge in [-0.3, -0.25) is 10.1 Å². The number of carboxylic acid groups (broad SMARTS) is 1. The molecule has 0 saturated carbocycles. The normalized spacial score (nSPS) is 24.0. The fourth-order valence-corrected chi connectivity index (χ4v) is 7.16. The first-order valence-corrected chi connectivity index (χ1v) is 13.7. The molecule has 0 spiro atoms. The fourth-order valence-electron chi connectivity index (χ4n) is 4.99. The number of methoxy groups -OCH3 is 1. The van der Waals surface area contributed by atoms with Crippen molar-refractivity contribution in [2.45, 2.75) is 88.1 Å². The minimum Gasteiger partial charge on any atom is -0.496 e. The Hall–Kier alpha value is -2.12. The third-order valence-corrected chi connectivity index (χ3v) is 8.87. The molecule has 0 amide bonds. The molecule has 2 aliphatic rings. The van der Waals surface area contributed by atoms with E-state index in [1.165, 1.54) is 5.57 Å². The summed E-state index contributed by atoms with van der Waals surface area (Å²) in [4.78, 5) is 11.3. The molecule has 33 heavy (non-hydrogen) atoms. The van der Waals surface area contributed by atoms with Crippen LogP contribution in [0.5, 0.6) is 5.75 Å². The van der Waals surface area contributed by atoms with Gasteiger partial charge in [-0.05, 0) is 67.4 Å². The van der Waals surface area contributed by atoms with E-state index in [1.54, 1.807) is 13.2 Å². The lowest BCUT2D eigenvalue weighted by Gasteiger charge is -2.37. The molecule has 1 aromatic carbocycles. The highest BCUT2D eigenvalue weighted by Gasteiger charge is 2.42. The van der Waals surface area contributed by atoms with Gasteiger partial charge in [0.15, 0.2) is 9.84 Å². The van der Waals surface area contributed by atoms with E-state index in [0.717, 1.165) is 49.7 Å². The van der Waals surface area contributed by atoms with Crippen LogP contribution in [0.3, 0.4) is 0 Å². The van der Waals surface area contributed by atoms with Gasteiger partial charge < -0.3 is 9.84 Å².